The lowest BCUT2D eigenvalue weighted by molar-refractivity contribution is 0.293. The van der Waals surface area contributed by atoms with Crippen molar-refractivity contribution in [1.29, 1.82) is 0 Å². The molecule has 1 radical (unpaired) electrons. The standard InChI is InChI=1S/C7H17OSi/c1-7(2)9(4,5)6-8-3/h7H,3,6H2,1-2,4-5H3. The molecule has 0 aromatic carbocycles. The molecular formula is C7H17OSi. The lowest BCUT2D eigenvalue weighted by atomic mass is 10.6. The Kier molecular flexibility index (Phi) is 3.44. The van der Waals surface area contributed by atoms with Crippen LogP contribution < -0.4 is 0 Å². The molecule has 9 heavy (non-hydrogen) atoms. The fraction of sp³-hybridized carbons (Fsp3) is 0.857. The second kappa shape index (κ2) is 3.37. The molecule has 0 bridgehead atoms. The Morgan fingerprint density at radius 3 is 2.00 bits per heavy atom. The highest BCUT2D eigenvalue weighted by atomic mass is 28.3. The van der Waals surface area contributed by atoms with Gasteiger partial charge < -0.3 is 4.74 Å². The molecule has 1 nitrogen and oxygen atoms in total. The highest BCUT2D eigenvalue weighted by Crippen LogP contribution is 2.19. The summed E-state index contributed by atoms with van der Waals surface area (Å²) in [5.74, 6) is 0. The first-order valence-electron chi connectivity index (χ1n) is 3.37. The monoisotopic (exact) mass is 145 g/mol. The van der Waals surface area contributed by atoms with E-state index in [1.807, 2.05) is 0 Å². The van der Waals surface area contributed by atoms with Crippen LogP contribution in [0.2, 0.25) is 18.6 Å². The second-order valence-electron chi connectivity index (χ2n) is 3.49. The summed E-state index contributed by atoms with van der Waals surface area (Å²) in [6.45, 7) is 9.15. The summed E-state index contributed by atoms with van der Waals surface area (Å²) in [6, 6.07) is 0. The molecule has 0 heterocycles. The van der Waals surface area contributed by atoms with Gasteiger partial charge in [-0.1, -0.05) is 26.9 Å². The average Bonchev–Trinajstić information content (AvgIpc) is 1.65. The van der Waals surface area contributed by atoms with Gasteiger partial charge in [-0.2, -0.15) is 0 Å². The number of ether oxygens (including phenoxy) is 1. The molecule has 0 atom stereocenters. The first-order chi connectivity index (χ1) is 4.00. The van der Waals surface area contributed by atoms with Crippen molar-refractivity contribution in [3.63, 3.8) is 0 Å². The largest absolute Gasteiger partial charge is 0.382 e. The van der Waals surface area contributed by atoms with Gasteiger partial charge in [0, 0.05) is 6.23 Å². The van der Waals surface area contributed by atoms with Crippen LogP contribution in [0.1, 0.15) is 13.8 Å². The molecule has 0 aliphatic heterocycles. The maximum atomic E-state index is 4.88. The van der Waals surface area contributed by atoms with Crippen molar-refractivity contribution in [2.45, 2.75) is 32.5 Å². The fourth-order valence-corrected chi connectivity index (χ4v) is 1.29. The summed E-state index contributed by atoms with van der Waals surface area (Å²) in [4.78, 5) is 0. The molecule has 0 aromatic rings. The molecule has 0 aliphatic carbocycles. The van der Waals surface area contributed by atoms with Crippen LogP contribution in [-0.2, 0) is 4.74 Å². The SMILES string of the molecule is [CH2]OC[Si](C)(C)C(C)C. The molecule has 0 aliphatic rings. The number of hydrogen-bond acceptors (Lipinski definition) is 1. The predicted molar refractivity (Wildman–Crippen MR) is 43.9 cm³/mol. The fourth-order valence-electron chi connectivity index (χ4n) is 0.430. The Hall–Kier alpha value is 0.177. The molecule has 0 aromatic heterocycles. The van der Waals surface area contributed by atoms with Crippen molar-refractivity contribution in [2.24, 2.45) is 0 Å². The van der Waals surface area contributed by atoms with E-state index < -0.39 is 8.07 Å². The molecule has 0 spiro atoms. The first-order valence-corrected chi connectivity index (χ1v) is 6.66. The average molecular weight is 145 g/mol. The maximum Gasteiger partial charge on any atom is 0.0801 e. The van der Waals surface area contributed by atoms with E-state index in [4.69, 9.17) is 4.74 Å². The normalized spacial score (nSPS) is 12.7. The topological polar surface area (TPSA) is 9.23 Å². The molecule has 2 heteroatoms. The van der Waals surface area contributed by atoms with E-state index in [0.717, 1.165) is 11.8 Å². The van der Waals surface area contributed by atoms with Gasteiger partial charge in [0.05, 0.1) is 15.2 Å². The zero-order valence-electron chi connectivity index (χ0n) is 6.90. The van der Waals surface area contributed by atoms with Gasteiger partial charge in [-0.05, 0) is 5.54 Å². The van der Waals surface area contributed by atoms with E-state index in [9.17, 15) is 0 Å². The van der Waals surface area contributed by atoms with Crippen molar-refractivity contribution < 1.29 is 4.74 Å². The van der Waals surface area contributed by atoms with Gasteiger partial charge in [-0.25, -0.2) is 0 Å². The van der Waals surface area contributed by atoms with E-state index in [2.05, 4.69) is 34.1 Å². The molecule has 0 saturated carbocycles. The molecule has 0 amide bonds. The molecule has 0 rings (SSSR count). The van der Waals surface area contributed by atoms with E-state index in [0.29, 0.717) is 0 Å². The molecule has 0 saturated heterocycles. The number of hydrogen-bond donors (Lipinski definition) is 0. The van der Waals surface area contributed by atoms with Gasteiger partial charge in [0.2, 0.25) is 0 Å². The van der Waals surface area contributed by atoms with Crippen LogP contribution in [-0.4, -0.2) is 14.3 Å². The molecule has 55 valence electrons. The van der Waals surface area contributed by atoms with Crippen LogP contribution >= 0.6 is 0 Å². The van der Waals surface area contributed by atoms with Gasteiger partial charge in [0.15, 0.2) is 0 Å². The van der Waals surface area contributed by atoms with Crippen LogP contribution in [0, 0.1) is 7.11 Å². The third-order valence-electron chi connectivity index (χ3n) is 2.04. The minimum absolute atomic E-state index is 0.791. The third-order valence-corrected chi connectivity index (χ3v) is 6.11. The van der Waals surface area contributed by atoms with Crippen molar-refractivity contribution >= 4 is 8.07 Å². The van der Waals surface area contributed by atoms with Crippen LogP contribution in [0.3, 0.4) is 0 Å². The van der Waals surface area contributed by atoms with Gasteiger partial charge in [0.25, 0.3) is 0 Å². The highest BCUT2D eigenvalue weighted by Gasteiger charge is 2.24. The molecule has 0 unspecified atom stereocenters. The summed E-state index contributed by atoms with van der Waals surface area (Å²) in [5, 5.41) is 0. The quantitative estimate of drug-likeness (QED) is 0.554. The molecule has 0 fully saturated rings. The third kappa shape index (κ3) is 3.01. The maximum absolute atomic E-state index is 4.88. The summed E-state index contributed by atoms with van der Waals surface area (Å²) in [7, 11) is 2.32. The van der Waals surface area contributed by atoms with Crippen LogP contribution in [0.15, 0.2) is 0 Å². The summed E-state index contributed by atoms with van der Waals surface area (Å²) >= 11 is 0. The van der Waals surface area contributed by atoms with E-state index >= 15 is 0 Å². The lowest BCUT2D eigenvalue weighted by Gasteiger charge is -2.25. The summed E-state index contributed by atoms with van der Waals surface area (Å²) < 4.78 is 4.88. The van der Waals surface area contributed by atoms with E-state index in [-0.39, 0.29) is 0 Å². The van der Waals surface area contributed by atoms with Crippen molar-refractivity contribution in [1.82, 2.24) is 0 Å². The van der Waals surface area contributed by atoms with Crippen molar-refractivity contribution in [3.8, 4) is 0 Å². The first kappa shape index (κ1) is 9.18. The summed E-state index contributed by atoms with van der Waals surface area (Å²) in [6.07, 6.45) is 0.880. The Balaban J connectivity index is 3.70. The Morgan fingerprint density at radius 2 is 1.89 bits per heavy atom. The lowest BCUT2D eigenvalue weighted by Crippen LogP contribution is -2.35. The van der Waals surface area contributed by atoms with E-state index in [1.165, 1.54) is 0 Å². The number of rotatable bonds is 3. The Bertz CT molecular complexity index is 79.0. The predicted octanol–water partition coefficient (Wildman–Crippen LogP) is 2.45. The minimum Gasteiger partial charge on any atom is -0.382 e. The van der Waals surface area contributed by atoms with Crippen LogP contribution in [0.4, 0.5) is 0 Å². The van der Waals surface area contributed by atoms with Gasteiger partial charge in [0.1, 0.15) is 0 Å². The second-order valence-corrected chi connectivity index (χ2v) is 8.91. The van der Waals surface area contributed by atoms with Crippen LogP contribution in [0.5, 0.6) is 0 Å². The van der Waals surface area contributed by atoms with Gasteiger partial charge >= 0.3 is 0 Å². The van der Waals surface area contributed by atoms with E-state index in [1.54, 1.807) is 0 Å². The van der Waals surface area contributed by atoms with Crippen LogP contribution in [0.25, 0.3) is 0 Å². The van der Waals surface area contributed by atoms with Gasteiger partial charge in [-0.3, -0.25) is 0 Å². The molecular weight excluding hydrogens is 128 g/mol. The van der Waals surface area contributed by atoms with Crippen molar-refractivity contribution in [3.05, 3.63) is 7.11 Å². The van der Waals surface area contributed by atoms with Crippen molar-refractivity contribution in [2.75, 3.05) is 6.23 Å². The minimum atomic E-state index is -1.07. The Labute approximate surface area is 59.4 Å². The molecule has 0 N–H and O–H groups in total. The zero-order valence-corrected chi connectivity index (χ0v) is 7.90. The summed E-state index contributed by atoms with van der Waals surface area (Å²) in [5.41, 5.74) is 0.791. The smallest absolute Gasteiger partial charge is 0.0801 e. The Morgan fingerprint density at radius 1 is 1.44 bits per heavy atom. The van der Waals surface area contributed by atoms with Gasteiger partial charge in [-0.15, -0.1) is 0 Å². The highest BCUT2D eigenvalue weighted by molar-refractivity contribution is 6.78. The zero-order chi connectivity index (χ0) is 7.49.